The minimum Gasteiger partial charge on any atom is -0.363 e. The Bertz CT molecular complexity index is 877. The van der Waals surface area contributed by atoms with Crippen molar-refractivity contribution in [3.05, 3.63) is 107 Å². The van der Waals surface area contributed by atoms with E-state index < -0.39 is 5.72 Å². The molecule has 0 aliphatic carbocycles. The number of benzene rings is 3. The number of amides is 1. The second-order valence-electron chi connectivity index (χ2n) is 5.96. The molecule has 0 spiro atoms. The molecule has 0 bridgehead atoms. The van der Waals surface area contributed by atoms with Gasteiger partial charge >= 0.3 is 0 Å². The average molecular weight is 315 g/mol. The number of carbonyl (C=O) groups excluding carboxylic acids is 1. The van der Waals surface area contributed by atoms with Gasteiger partial charge in [0.25, 0.3) is 5.91 Å². The molecule has 0 aromatic heterocycles. The number of rotatable bonds is 3. The molecule has 0 radical (unpaired) electrons. The molecule has 1 unspecified atom stereocenters. The summed E-state index contributed by atoms with van der Waals surface area (Å²) in [5, 5.41) is 11.6. The van der Waals surface area contributed by atoms with Gasteiger partial charge in [0, 0.05) is 23.2 Å². The van der Waals surface area contributed by atoms with Gasteiger partial charge in [0.2, 0.25) is 0 Å². The standard InChI is InChI=1S/C21H17NO2/c23-20-18-13-7-8-14-19(18)21(24,17-11-5-2-6-12-17)22(20)15-16-9-3-1-4-10-16/h1-14,24H,15H2. The van der Waals surface area contributed by atoms with Crippen LogP contribution in [0.5, 0.6) is 0 Å². The predicted octanol–water partition coefficient (Wildman–Crippen LogP) is 3.54. The molecule has 0 fully saturated rings. The van der Waals surface area contributed by atoms with Crippen LogP contribution >= 0.6 is 0 Å². The molecule has 118 valence electrons. The van der Waals surface area contributed by atoms with Gasteiger partial charge in [0.1, 0.15) is 0 Å². The Morgan fingerprint density at radius 2 is 1.38 bits per heavy atom. The molecule has 1 amide bonds. The van der Waals surface area contributed by atoms with E-state index in [4.69, 9.17) is 0 Å². The first kappa shape index (κ1) is 14.7. The van der Waals surface area contributed by atoms with Crippen molar-refractivity contribution in [2.45, 2.75) is 12.3 Å². The first-order chi connectivity index (χ1) is 11.7. The summed E-state index contributed by atoms with van der Waals surface area (Å²) in [6.07, 6.45) is 0. The summed E-state index contributed by atoms with van der Waals surface area (Å²) in [5.41, 5.74) is 1.41. The largest absolute Gasteiger partial charge is 0.363 e. The number of carbonyl (C=O) groups is 1. The molecular weight excluding hydrogens is 298 g/mol. The second kappa shape index (κ2) is 5.62. The van der Waals surface area contributed by atoms with Gasteiger partial charge in [-0.05, 0) is 11.6 Å². The number of aliphatic hydroxyl groups is 1. The summed E-state index contributed by atoms with van der Waals surface area (Å²) in [6.45, 7) is 0.347. The Balaban J connectivity index is 1.87. The van der Waals surface area contributed by atoms with Crippen molar-refractivity contribution in [3.63, 3.8) is 0 Å². The molecule has 0 saturated carbocycles. The van der Waals surface area contributed by atoms with E-state index in [2.05, 4.69) is 0 Å². The van der Waals surface area contributed by atoms with E-state index in [1.807, 2.05) is 78.9 Å². The van der Waals surface area contributed by atoms with Crippen LogP contribution in [0.1, 0.15) is 27.0 Å². The van der Waals surface area contributed by atoms with E-state index in [0.29, 0.717) is 23.2 Å². The summed E-state index contributed by atoms with van der Waals surface area (Å²) in [4.78, 5) is 14.5. The van der Waals surface area contributed by atoms with Crippen LogP contribution in [0.25, 0.3) is 0 Å². The highest BCUT2D eigenvalue weighted by Crippen LogP contribution is 2.42. The molecule has 3 heteroatoms. The van der Waals surface area contributed by atoms with Gasteiger partial charge in [0.05, 0.1) is 0 Å². The summed E-state index contributed by atoms with van der Waals surface area (Å²) in [7, 11) is 0. The smallest absolute Gasteiger partial charge is 0.257 e. The Hall–Kier alpha value is -2.91. The Morgan fingerprint density at radius 3 is 2.08 bits per heavy atom. The first-order valence-electron chi connectivity index (χ1n) is 7.94. The molecule has 1 atom stereocenters. The number of hydrogen-bond acceptors (Lipinski definition) is 2. The maximum absolute atomic E-state index is 13.0. The van der Waals surface area contributed by atoms with Gasteiger partial charge in [-0.15, -0.1) is 0 Å². The predicted molar refractivity (Wildman–Crippen MR) is 92.2 cm³/mol. The van der Waals surface area contributed by atoms with Crippen LogP contribution in [0.2, 0.25) is 0 Å². The van der Waals surface area contributed by atoms with Crippen molar-refractivity contribution in [2.24, 2.45) is 0 Å². The van der Waals surface area contributed by atoms with Gasteiger partial charge in [-0.1, -0.05) is 78.9 Å². The van der Waals surface area contributed by atoms with Crippen molar-refractivity contribution in [1.82, 2.24) is 4.90 Å². The molecule has 3 nitrogen and oxygen atoms in total. The SMILES string of the molecule is O=C1c2ccccc2C(O)(c2ccccc2)N1Cc1ccccc1. The average Bonchev–Trinajstić information content (AvgIpc) is 2.87. The van der Waals surface area contributed by atoms with Crippen LogP contribution in [0.3, 0.4) is 0 Å². The van der Waals surface area contributed by atoms with Crippen molar-refractivity contribution in [3.8, 4) is 0 Å². The van der Waals surface area contributed by atoms with Gasteiger partial charge in [-0.3, -0.25) is 9.69 Å². The fraction of sp³-hybridized carbons (Fsp3) is 0.0952. The maximum Gasteiger partial charge on any atom is 0.257 e. The van der Waals surface area contributed by atoms with Gasteiger partial charge in [0.15, 0.2) is 5.72 Å². The zero-order valence-electron chi connectivity index (χ0n) is 13.1. The summed E-state index contributed by atoms with van der Waals surface area (Å²) < 4.78 is 0. The lowest BCUT2D eigenvalue weighted by molar-refractivity contribution is -0.0542. The summed E-state index contributed by atoms with van der Waals surface area (Å²) in [6, 6.07) is 26.4. The Morgan fingerprint density at radius 1 is 0.792 bits per heavy atom. The molecule has 3 aromatic rings. The van der Waals surface area contributed by atoms with Crippen molar-refractivity contribution >= 4 is 5.91 Å². The zero-order chi connectivity index (χ0) is 16.6. The highest BCUT2D eigenvalue weighted by Gasteiger charge is 2.49. The quantitative estimate of drug-likeness (QED) is 0.803. The molecule has 1 heterocycles. The van der Waals surface area contributed by atoms with E-state index in [1.165, 1.54) is 0 Å². The van der Waals surface area contributed by atoms with E-state index >= 15 is 0 Å². The van der Waals surface area contributed by atoms with Crippen LogP contribution in [0, 0.1) is 0 Å². The minimum absolute atomic E-state index is 0.152. The molecule has 4 rings (SSSR count). The lowest BCUT2D eigenvalue weighted by Gasteiger charge is -2.35. The lowest BCUT2D eigenvalue weighted by atomic mass is 9.93. The van der Waals surface area contributed by atoms with Crippen LogP contribution in [0.15, 0.2) is 84.9 Å². The lowest BCUT2D eigenvalue weighted by Crippen LogP contribution is -2.44. The highest BCUT2D eigenvalue weighted by atomic mass is 16.3. The van der Waals surface area contributed by atoms with Gasteiger partial charge in [-0.2, -0.15) is 0 Å². The molecule has 24 heavy (non-hydrogen) atoms. The van der Waals surface area contributed by atoms with Crippen LogP contribution in [0.4, 0.5) is 0 Å². The van der Waals surface area contributed by atoms with Crippen molar-refractivity contribution in [1.29, 1.82) is 0 Å². The zero-order valence-corrected chi connectivity index (χ0v) is 13.1. The van der Waals surface area contributed by atoms with Gasteiger partial charge in [-0.25, -0.2) is 0 Å². The van der Waals surface area contributed by atoms with Crippen molar-refractivity contribution in [2.75, 3.05) is 0 Å². The Kier molecular flexibility index (Phi) is 3.44. The van der Waals surface area contributed by atoms with Crippen molar-refractivity contribution < 1.29 is 9.90 Å². The van der Waals surface area contributed by atoms with Crippen LogP contribution in [-0.4, -0.2) is 15.9 Å². The summed E-state index contributed by atoms with van der Waals surface area (Å²) >= 11 is 0. The minimum atomic E-state index is -1.45. The van der Waals surface area contributed by atoms with E-state index in [1.54, 1.807) is 11.0 Å². The molecule has 1 N–H and O–H groups in total. The molecule has 1 aliphatic rings. The monoisotopic (exact) mass is 315 g/mol. The normalized spacial score (nSPS) is 19.4. The van der Waals surface area contributed by atoms with E-state index in [-0.39, 0.29) is 5.91 Å². The van der Waals surface area contributed by atoms with E-state index in [9.17, 15) is 9.90 Å². The highest BCUT2D eigenvalue weighted by molar-refractivity contribution is 6.00. The number of hydrogen-bond donors (Lipinski definition) is 1. The van der Waals surface area contributed by atoms with Gasteiger partial charge < -0.3 is 5.11 Å². The topological polar surface area (TPSA) is 40.5 Å². The van der Waals surface area contributed by atoms with Crippen LogP contribution in [-0.2, 0) is 12.3 Å². The number of fused-ring (bicyclic) bond motifs is 1. The Labute approximate surface area is 140 Å². The first-order valence-corrected chi connectivity index (χ1v) is 7.94. The fourth-order valence-corrected chi connectivity index (χ4v) is 3.35. The second-order valence-corrected chi connectivity index (χ2v) is 5.96. The third-order valence-corrected chi connectivity index (χ3v) is 4.53. The molecule has 1 aliphatic heterocycles. The fourth-order valence-electron chi connectivity index (χ4n) is 3.35. The van der Waals surface area contributed by atoms with E-state index in [0.717, 1.165) is 5.56 Å². The number of nitrogens with zero attached hydrogens (tertiary/aromatic N) is 1. The van der Waals surface area contributed by atoms with Crippen LogP contribution < -0.4 is 0 Å². The third kappa shape index (κ3) is 2.14. The summed E-state index contributed by atoms with van der Waals surface area (Å²) in [5.74, 6) is -0.152. The molecule has 3 aromatic carbocycles. The molecular formula is C21H17NO2. The third-order valence-electron chi connectivity index (χ3n) is 4.53. The molecule has 0 saturated heterocycles. The maximum atomic E-state index is 13.0.